The minimum atomic E-state index is 0.167. The highest BCUT2D eigenvalue weighted by molar-refractivity contribution is 5.79. The van der Waals surface area contributed by atoms with Crippen molar-refractivity contribution in [3.8, 4) is 5.75 Å². The van der Waals surface area contributed by atoms with Gasteiger partial charge < -0.3 is 14.5 Å². The Morgan fingerprint density at radius 3 is 2.50 bits per heavy atom. The summed E-state index contributed by atoms with van der Waals surface area (Å²) in [5.74, 6) is 1.42. The summed E-state index contributed by atoms with van der Waals surface area (Å²) in [4.78, 5) is 19.6. The number of rotatable bonds is 4. The van der Waals surface area contributed by atoms with Crippen LogP contribution in [0.2, 0.25) is 0 Å². The molecule has 0 saturated carbocycles. The lowest BCUT2D eigenvalue weighted by molar-refractivity contribution is -0.139. The molecular weight excluding hydrogens is 302 g/mol. The first kappa shape index (κ1) is 17.2. The lowest BCUT2D eigenvalue weighted by Crippen LogP contribution is -2.51. The van der Waals surface area contributed by atoms with Crippen LogP contribution in [0.15, 0.2) is 24.3 Å². The van der Waals surface area contributed by atoms with Crippen molar-refractivity contribution < 1.29 is 9.53 Å². The second-order valence-corrected chi connectivity index (χ2v) is 7.05. The van der Waals surface area contributed by atoms with Gasteiger partial charge >= 0.3 is 0 Å². The highest BCUT2D eigenvalue weighted by Crippen LogP contribution is 2.22. The lowest BCUT2D eigenvalue weighted by Gasteiger charge is -2.38. The predicted molar refractivity (Wildman–Crippen MR) is 95.1 cm³/mol. The van der Waals surface area contributed by atoms with E-state index in [9.17, 15) is 4.79 Å². The number of amides is 1. The molecule has 2 fully saturated rings. The summed E-state index contributed by atoms with van der Waals surface area (Å²) in [6, 6.07) is 8.24. The number of carbonyl (C=O) groups excluding carboxylic acids is 1. The van der Waals surface area contributed by atoms with Gasteiger partial charge in [0.25, 0.3) is 0 Å². The molecule has 2 heterocycles. The van der Waals surface area contributed by atoms with Crippen LogP contribution in [0.5, 0.6) is 5.75 Å². The molecule has 2 saturated heterocycles. The van der Waals surface area contributed by atoms with Gasteiger partial charge in [-0.25, -0.2) is 0 Å². The molecule has 1 atom stereocenters. The average molecular weight is 331 g/mol. The van der Waals surface area contributed by atoms with Gasteiger partial charge in [-0.2, -0.15) is 0 Å². The molecule has 2 aliphatic heterocycles. The maximum atomic E-state index is 12.8. The number of likely N-dealkylation sites (tertiary alicyclic amines) is 1. The molecule has 0 aliphatic carbocycles. The smallest absolute Gasteiger partial charge is 0.227 e. The Morgan fingerprint density at radius 2 is 1.83 bits per heavy atom. The quantitative estimate of drug-likeness (QED) is 0.841. The number of likely N-dealkylation sites (N-methyl/N-ethyl adjacent to an activating group) is 1. The fraction of sp³-hybridized carbons (Fsp3) is 0.632. The van der Waals surface area contributed by atoms with Crippen molar-refractivity contribution in [1.82, 2.24) is 14.7 Å². The number of ether oxygens (including phenoxy) is 1. The van der Waals surface area contributed by atoms with Gasteiger partial charge in [0.15, 0.2) is 0 Å². The van der Waals surface area contributed by atoms with E-state index in [4.69, 9.17) is 4.74 Å². The second kappa shape index (κ2) is 7.99. The van der Waals surface area contributed by atoms with Crippen molar-refractivity contribution in [2.75, 3.05) is 53.4 Å². The molecule has 1 aromatic carbocycles. The molecule has 0 bridgehead atoms. The van der Waals surface area contributed by atoms with E-state index in [1.54, 1.807) is 7.11 Å². The van der Waals surface area contributed by atoms with Gasteiger partial charge in [-0.3, -0.25) is 9.69 Å². The van der Waals surface area contributed by atoms with Crippen LogP contribution in [0, 0.1) is 5.92 Å². The van der Waals surface area contributed by atoms with Crippen LogP contribution in [-0.2, 0) is 11.3 Å². The van der Waals surface area contributed by atoms with Crippen molar-refractivity contribution in [2.24, 2.45) is 5.92 Å². The van der Waals surface area contributed by atoms with Crippen LogP contribution in [0.3, 0.4) is 0 Å². The number of carbonyl (C=O) groups is 1. The molecule has 0 unspecified atom stereocenters. The first-order chi connectivity index (χ1) is 11.7. The molecule has 132 valence electrons. The van der Waals surface area contributed by atoms with Crippen molar-refractivity contribution >= 4 is 5.91 Å². The molecule has 1 amide bonds. The highest BCUT2D eigenvalue weighted by atomic mass is 16.5. The molecule has 5 nitrogen and oxygen atoms in total. The van der Waals surface area contributed by atoms with Gasteiger partial charge in [-0.15, -0.1) is 0 Å². The maximum Gasteiger partial charge on any atom is 0.227 e. The monoisotopic (exact) mass is 331 g/mol. The average Bonchev–Trinajstić information content (AvgIpc) is 2.63. The fourth-order valence-corrected chi connectivity index (χ4v) is 3.67. The highest BCUT2D eigenvalue weighted by Gasteiger charge is 2.30. The summed E-state index contributed by atoms with van der Waals surface area (Å²) < 4.78 is 5.22. The third-order valence-corrected chi connectivity index (χ3v) is 5.23. The van der Waals surface area contributed by atoms with Crippen LogP contribution in [0.25, 0.3) is 0 Å². The van der Waals surface area contributed by atoms with Crippen molar-refractivity contribution in [1.29, 1.82) is 0 Å². The van der Waals surface area contributed by atoms with E-state index < -0.39 is 0 Å². The van der Waals surface area contributed by atoms with E-state index >= 15 is 0 Å². The molecule has 5 heteroatoms. The van der Waals surface area contributed by atoms with E-state index in [0.29, 0.717) is 5.91 Å². The molecule has 0 spiro atoms. The Balaban J connectivity index is 1.54. The number of hydrogen-bond acceptors (Lipinski definition) is 4. The van der Waals surface area contributed by atoms with Crippen molar-refractivity contribution in [3.05, 3.63) is 29.8 Å². The van der Waals surface area contributed by atoms with Crippen LogP contribution >= 0.6 is 0 Å². The largest absolute Gasteiger partial charge is 0.497 e. The standard InChI is InChI=1S/C19H29N3O2/c1-20-10-12-22(13-11-20)19(23)17-4-3-9-21(15-17)14-16-5-7-18(24-2)8-6-16/h5-8,17H,3-4,9-15H2,1-2H3/t17-/m1/s1. The van der Waals surface area contributed by atoms with E-state index in [2.05, 4.69) is 33.9 Å². The molecule has 0 aromatic heterocycles. The Morgan fingerprint density at radius 1 is 1.12 bits per heavy atom. The van der Waals surface area contributed by atoms with Crippen LogP contribution < -0.4 is 4.74 Å². The number of hydrogen-bond donors (Lipinski definition) is 0. The molecule has 2 aliphatic rings. The van der Waals surface area contributed by atoms with E-state index in [1.807, 2.05) is 12.1 Å². The fourth-order valence-electron chi connectivity index (χ4n) is 3.67. The number of piperazine rings is 1. The Hall–Kier alpha value is -1.59. The number of nitrogens with zero attached hydrogens (tertiary/aromatic N) is 3. The molecule has 3 rings (SSSR count). The van der Waals surface area contributed by atoms with Crippen LogP contribution in [0.4, 0.5) is 0 Å². The summed E-state index contributed by atoms with van der Waals surface area (Å²) in [5, 5.41) is 0. The molecule has 24 heavy (non-hydrogen) atoms. The van der Waals surface area contributed by atoms with Gasteiger partial charge in [0, 0.05) is 39.3 Å². The first-order valence-electron chi connectivity index (χ1n) is 8.98. The van der Waals surface area contributed by atoms with Crippen molar-refractivity contribution in [2.45, 2.75) is 19.4 Å². The lowest BCUT2D eigenvalue weighted by atomic mass is 9.95. The molecule has 0 N–H and O–H groups in total. The van der Waals surface area contributed by atoms with Gasteiger partial charge in [0.1, 0.15) is 5.75 Å². The summed E-state index contributed by atoms with van der Waals surface area (Å²) in [5.41, 5.74) is 1.28. The van der Waals surface area contributed by atoms with E-state index in [1.165, 1.54) is 5.56 Å². The maximum absolute atomic E-state index is 12.8. The molecular formula is C19H29N3O2. The van der Waals surface area contributed by atoms with Gasteiger partial charge in [-0.1, -0.05) is 12.1 Å². The summed E-state index contributed by atoms with van der Waals surface area (Å²) in [6.07, 6.45) is 2.14. The third-order valence-electron chi connectivity index (χ3n) is 5.23. The summed E-state index contributed by atoms with van der Waals surface area (Å²) in [7, 11) is 3.81. The normalized spacial score (nSPS) is 23.2. The predicted octanol–water partition coefficient (Wildman–Crippen LogP) is 1.68. The van der Waals surface area contributed by atoms with Crippen LogP contribution in [-0.4, -0.2) is 74.0 Å². The zero-order chi connectivity index (χ0) is 16.9. The second-order valence-electron chi connectivity index (χ2n) is 7.05. The topological polar surface area (TPSA) is 36.0 Å². The van der Waals surface area contributed by atoms with Crippen LogP contribution in [0.1, 0.15) is 18.4 Å². The summed E-state index contributed by atoms with van der Waals surface area (Å²) >= 11 is 0. The third kappa shape index (κ3) is 4.28. The number of benzene rings is 1. The van der Waals surface area contributed by atoms with Gasteiger partial charge in [0.05, 0.1) is 13.0 Å². The SMILES string of the molecule is COc1ccc(CN2CCC[C@@H](C(=O)N3CCN(C)CC3)C2)cc1. The van der Waals surface area contributed by atoms with Crippen molar-refractivity contribution in [3.63, 3.8) is 0 Å². The number of methoxy groups -OCH3 is 1. The molecule has 1 aromatic rings. The summed E-state index contributed by atoms with van der Waals surface area (Å²) in [6.45, 7) is 6.63. The van der Waals surface area contributed by atoms with Gasteiger partial charge in [-0.05, 0) is 44.1 Å². The minimum Gasteiger partial charge on any atom is -0.497 e. The Kier molecular flexibility index (Phi) is 5.74. The van der Waals surface area contributed by atoms with E-state index in [0.717, 1.165) is 64.4 Å². The minimum absolute atomic E-state index is 0.167. The molecule has 0 radical (unpaired) electrons. The zero-order valence-electron chi connectivity index (χ0n) is 14.9. The first-order valence-corrected chi connectivity index (χ1v) is 8.98. The Bertz CT molecular complexity index is 538. The van der Waals surface area contributed by atoms with E-state index in [-0.39, 0.29) is 5.92 Å². The zero-order valence-corrected chi connectivity index (χ0v) is 14.9. The Labute approximate surface area is 145 Å². The number of piperidine rings is 1. The van der Waals surface area contributed by atoms with Gasteiger partial charge in [0.2, 0.25) is 5.91 Å².